The number of aliphatic hydroxyl groups excluding tert-OH is 1. The first-order valence-electron chi connectivity index (χ1n) is 6.91. The monoisotopic (exact) mass is 301 g/mol. The zero-order valence-electron chi connectivity index (χ0n) is 12.9. The molecule has 1 rings (SSSR count). The van der Waals surface area contributed by atoms with E-state index >= 15 is 0 Å². The number of nitrogens with zero attached hydrogens (tertiary/aromatic N) is 1. The van der Waals surface area contributed by atoms with Crippen LogP contribution in [0.1, 0.15) is 40.0 Å². The second-order valence-electron chi connectivity index (χ2n) is 6.06. The fourth-order valence-corrected chi connectivity index (χ4v) is 2.19. The van der Waals surface area contributed by atoms with Crippen LogP contribution in [0.15, 0.2) is 0 Å². The number of β-amino-alcohol motifs (C(OH)–C–C–N with tert-alkyl or cyclic N) is 1. The average Bonchev–Trinajstić information content (AvgIpc) is 2.75. The Morgan fingerprint density at radius 3 is 2.38 bits per heavy atom. The van der Waals surface area contributed by atoms with E-state index in [2.05, 4.69) is 4.74 Å². The van der Waals surface area contributed by atoms with E-state index in [4.69, 9.17) is 4.74 Å². The van der Waals surface area contributed by atoms with Gasteiger partial charge >= 0.3 is 11.9 Å². The van der Waals surface area contributed by atoms with Gasteiger partial charge in [-0.05, 0) is 20.8 Å². The first-order chi connectivity index (χ1) is 9.64. The van der Waals surface area contributed by atoms with E-state index in [9.17, 15) is 19.5 Å². The van der Waals surface area contributed by atoms with Crippen molar-refractivity contribution in [1.82, 2.24) is 4.90 Å². The van der Waals surface area contributed by atoms with Crippen molar-refractivity contribution >= 4 is 17.8 Å². The second-order valence-corrected chi connectivity index (χ2v) is 6.06. The predicted octanol–water partition coefficient (Wildman–Crippen LogP) is 0.243. The molecule has 0 aromatic heterocycles. The van der Waals surface area contributed by atoms with Gasteiger partial charge in [0.05, 0.1) is 19.6 Å². The molecule has 0 saturated carbocycles. The Morgan fingerprint density at radius 2 is 1.86 bits per heavy atom. The highest BCUT2D eigenvalue weighted by Gasteiger charge is 2.39. The van der Waals surface area contributed by atoms with Gasteiger partial charge in [-0.3, -0.25) is 9.59 Å². The van der Waals surface area contributed by atoms with E-state index in [0.29, 0.717) is 0 Å². The topological polar surface area (TPSA) is 93.1 Å². The highest BCUT2D eigenvalue weighted by Crippen LogP contribution is 2.20. The molecule has 1 amide bonds. The molecule has 0 aromatic rings. The van der Waals surface area contributed by atoms with Crippen LogP contribution in [0.5, 0.6) is 0 Å². The molecule has 7 heteroatoms. The van der Waals surface area contributed by atoms with Crippen molar-refractivity contribution in [1.29, 1.82) is 0 Å². The summed E-state index contributed by atoms with van der Waals surface area (Å²) >= 11 is 0. The van der Waals surface area contributed by atoms with Gasteiger partial charge in [0, 0.05) is 19.4 Å². The maximum atomic E-state index is 12.1. The van der Waals surface area contributed by atoms with Crippen molar-refractivity contribution in [2.24, 2.45) is 0 Å². The molecule has 0 spiro atoms. The van der Waals surface area contributed by atoms with Crippen molar-refractivity contribution in [2.45, 2.75) is 57.8 Å². The van der Waals surface area contributed by atoms with Crippen LogP contribution in [0.25, 0.3) is 0 Å². The number of rotatable bonds is 4. The minimum atomic E-state index is -0.781. The van der Waals surface area contributed by atoms with Crippen LogP contribution in [-0.2, 0) is 23.9 Å². The van der Waals surface area contributed by atoms with Gasteiger partial charge in [0.1, 0.15) is 11.6 Å². The van der Waals surface area contributed by atoms with Gasteiger partial charge in [-0.15, -0.1) is 0 Å². The van der Waals surface area contributed by atoms with E-state index < -0.39 is 29.7 Å². The molecule has 7 nitrogen and oxygen atoms in total. The lowest BCUT2D eigenvalue weighted by Crippen LogP contribution is -2.41. The van der Waals surface area contributed by atoms with Gasteiger partial charge in [0.2, 0.25) is 5.91 Å². The number of ether oxygens (including phenoxy) is 2. The fourth-order valence-electron chi connectivity index (χ4n) is 2.19. The summed E-state index contributed by atoms with van der Waals surface area (Å²) in [5, 5.41) is 9.60. The van der Waals surface area contributed by atoms with Crippen molar-refractivity contribution in [2.75, 3.05) is 13.7 Å². The standard InChI is InChI=1S/C14H23NO6/c1-14(2,3)21-12(18)6-5-11(17)15-8-9(16)7-10(15)13(19)20-4/h9-10,16H,5-8H2,1-4H3. The molecule has 1 heterocycles. The Morgan fingerprint density at radius 1 is 1.24 bits per heavy atom. The molecule has 2 atom stereocenters. The van der Waals surface area contributed by atoms with Gasteiger partial charge in [-0.1, -0.05) is 0 Å². The van der Waals surface area contributed by atoms with Crippen molar-refractivity contribution in [3.8, 4) is 0 Å². The average molecular weight is 301 g/mol. The summed E-state index contributed by atoms with van der Waals surface area (Å²) in [6, 6.07) is -0.781. The summed E-state index contributed by atoms with van der Waals surface area (Å²) in [6.45, 7) is 5.32. The van der Waals surface area contributed by atoms with Crippen molar-refractivity contribution < 1.29 is 29.0 Å². The van der Waals surface area contributed by atoms with E-state index in [1.807, 2.05) is 0 Å². The number of hydrogen-bond acceptors (Lipinski definition) is 6. The molecule has 1 saturated heterocycles. The molecule has 120 valence electrons. The highest BCUT2D eigenvalue weighted by atomic mass is 16.6. The molecule has 21 heavy (non-hydrogen) atoms. The number of likely N-dealkylation sites (tertiary alicyclic amines) is 1. The molecule has 2 unspecified atom stereocenters. The smallest absolute Gasteiger partial charge is 0.328 e. The van der Waals surface area contributed by atoms with Crippen LogP contribution < -0.4 is 0 Å². The number of hydrogen-bond donors (Lipinski definition) is 1. The van der Waals surface area contributed by atoms with Crippen molar-refractivity contribution in [3.05, 3.63) is 0 Å². The third-order valence-corrected chi connectivity index (χ3v) is 3.04. The SMILES string of the molecule is COC(=O)C1CC(O)CN1C(=O)CCC(=O)OC(C)(C)C. The third kappa shape index (κ3) is 5.34. The lowest BCUT2D eigenvalue weighted by Gasteiger charge is -2.23. The van der Waals surface area contributed by atoms with Crippen LogP contribution >= 0.6 is 0 Å². The summed E-state index contributed by atoms with van der Waals surface area (Å²) in [5.74, 6) is -1.39. The molecule has 0 aliphatic carbocycles. The molecular weight excluding hydrogens is 278 g/mol. The first kappa shape index (κ1) is 17.4. The normalized spacial score (nSPS) is 22.0. The Bertz CT molecular complexity index is 414. The number of carbonyl (C=O) groups is 3. The highest BCUT2D eigenvalue weighted by molar-refractivity contribution is 5.87. The van der Waals surface area contributed by atoms with Crippen LogP contribution in [0, 0.1) is 0 Å². The maximum Gasteiger partial charge on any atom is 0.328 e. The molecule has 1 fully saturated rings. The summed E-state index contributed by atoms with van der Waals surface area (Å²) in [6.07, 6.45) is -0.712. The van der Waals surface area contributed by atoms with Gasteiger partial charge in [-0.25, -0.2) is 4.79 Å². The van der Waals surface area contributed by atoms with E-state index in [-0.39, 0.29) is 31.7 Å². The molecule has 1 N–H and O–H groups in total. The van der Waals surface area contributed by atoms with Crippen LogP contribution in [0.2, 0.25) is 0 Å². The largest absolute Gasteiger partial charge is 0.467 e. The van der Waals surface area contributed by atoms with E-state index in [0.717, 1.165) is 0 Å². The quantitative estimate of drug-likeness (QED) is 0.748. The molecule has 0 bridgehead atoms. The minimum Gasteiger partial charge on any atom is -0.467 e. The van der Waals surface area contributed by atoms with Crippen LogP contribution in [0.3, 0.4) is 0 Å². The number of aliphatic hydroxyl groups is 1. The molecule has 1 aliphatic rings. The zero-order valence-corrected chi connectivity index (χ0v) is 12.9. The summed E-state index contributed by atoms with van der Waals surface area (Å²) in [4.78, 5) is 36.5. The lowest BCUT2D eigenvalue weighted by atomic mass is 10.2. The second kappa shape index (κ2) is 6.89. The summed E-state index contributed by atoms with van der Waals surface area (Å²) < 4.78 is 9.74. The predicted molar refractivity (Wildman–Crippen MR) is 73.2 cm³/mol. The van der Waals surface area contributed by atoms with Crippen LogP contribution in [0.4, 0.5) is 0 Å². The molecular formula is C14H23NO6. The van der Waals surface area contributed by atoms with Gasteiger partial charge in [0.25, 0.3) is 0 Å². The first-order valence-corrected chi connectivity index (χ1v) is 6.91. The lowest BCUT2D eigenvalue weighted by molar-refractivity contribution is -0.157. The number of esters is 2. The van der Waals surface area contributed by atoms with Gasteiger partial charge in [0.15, 0.2) is 0 Å². The third-order valence-electron chi connectivity index (χ3n) is 3.04. The van der Waals surface area contributed by atoms with E-state index in [1.54, 1.807) is 20.8 Å². The summed E-state index contributed by atoms with van der Waals surface area (Å²) in [5.41, 5.74) is -0.599. The summed E-state index contributed by atoms with van der Waals surface area (Å²) in [7, 11) is 1.23. The Balaban J connectivity index is 2.54. The minimum absolute atomic E-state index is 0.0589. The fraction of sp³-hybridized carbons (Fsp3) is 0.786. The number of carbonyl (C=O) groups excluding carboxylic acids is 3. The van der Waals surface area contributed by atoms with Gasteiger partial charge < -0.3 is 19.5 Å². The van der Waals surface area contributed by atoms with Gasteiger partial charge in [-0.2, -0.15) is 0 Å². The number of amides is 1. The Kier molecular flexibility index (Phi) is 5.71. The zero-order chi connectivity index (χ0) is 16.2. The maximum absolute atomic E-state index is 12.1. The molecule has 0 radical (unpaired) electrons. The number of methoxy groups -OCH3 is 1. The Hall–Kier alpha value is -1.63. The molecule has 0 aromatic carbocycles. The molecule has 1 aliphatic heterocycles. The van der Waals surface area contributed by atoms with Crippen LogP contribution in [-0.4, -0.2) is 59.3 Å². The van der Waals surface area contributed by atoms with E-state index in [1.165, 1.54) is 12.0 Å². The Labute approximate surface area is 124 Å². The van der Waals surface area contributed by atoms with Crippen molar-refractivity contribution in [3.63, 3.8) is 0 Å².